The maximum absolute atomic E-state index is 11.6. The molecule has 94 valence electrons. The number of nitrogens with two attached hydrogens (primary N) is 1. The van der Waals surface area contributed by atoms with Gasteiger partial charge >= 0.3 is 0 Å². The van der Waals surface area contributed by atoms with E-state index in [0.29, 0.717) is 18.7 Å². The Morgan fingerprint density at radius 3 is 2.47 bits per heavy atom. The average Bonchev–Trinajstić information content (AvgIpc) is 2.29. The summed E-state index contributed by atoms with van der Waals surface area (Å²) in [4.78, 5) is 11.6. The molecular weight excluding hydrogens is 216 g/mol. The summed E-state index contributed by atoms with van der Waals surface area (Å²) in [5.41, 5.74) is 7.15. The molecule has 0 fully saturated rings. The van der Waals surface area contributed by atoms with E-state index in [9.17, 15) is 9.90 Å². The molecule has 0 heterocycles. The Hall–Kier alpha value is -1.55. The van der Waals surface area contributed by atoms with Gasteiger partial charge in [-0.25, -0.2) is 0 Å². The van der Waals surface area contributed by atoms with E-state index in [-0.39, 0.29) is 11.8 Å². The van der Waals surface area contributed by atoms with Gasteiger partial charge in [0.05, 0.1) is 12.5 Å². The first-order valence-electron chi connectivity index (χ1n) is 5.78. The minimum atomic E-state index is -0.495. The van der Waals surface area contributed by atoms with E-state index in [2.05, 4.69) is 5.32 Å². The van der Waals surface area contributed by atoms with Gasteiger partial charge in [-0.15, -0.1) is 0 Å². The maximum atomic E-state index is 11.6. The number of hydrogen-bond acceptors (Lipinski definition) is 3. The summed E-state index contributed by atoms with van der Waals surface area (Å²) in [6.07, 6.45) is -0.184. The summed E-state index contributed by atoms with van der Waals surface area (Å²) in [6.45, 7) is 4.12. The van der Waals surface area contributed by atoms with Crippen LogP contribution < -0.4 is 11.1 Å². The van der Waals surface area contributed by atoms with Gasteiger partial charge in [0.25, 0.3) is 0 Å². The number of carbonyl (C=O) groups excluding carboxylic acids is 1. The van der Waals surface area contributed by atoms with Gasteiger partial charge in [0.1, 0.15) is 0 Å². The Morgan fingerprint density at radius 2 is 1.94 bits per heavy atom. The van der Waals surface area contributed by atoms with Crippen LogP contribution in [0.4, 0.5) is 5.69 Å². The van der Waals surface area contributed by atoms with Crippen LogP contribution in [0.1, 0.15) is 19.4 Å². The molecule has 1 unspecified atom stereocenters. The summed E-state index contributed by atoms with van der Waals surface area (Å²) in [5.74, 6) is 0.0568. The second-order valence-corrected chi connectivity index (χ2v) is 4.53. The molecule has 0 aromatic heterocycles. The van der Waals surface area contributed by atoms with E-state index < -0.39 is 6.10 Å². The third kappa shape index (κ3) is 4.87. The molecule has 0 saturated heterocycles. The highest BCUT2D eigenvalue weighted by molar-refractivity contribution is 5.78. The van der Waals surface area contributed by atoms with Crippen molar-refractivity contribution in [1.29, 1.82) is 0 Å². The highest BCUT2D eigenvalue weighted by Gasteiger charge is 2.10. The normalized spacial score (nSPS) is 12.5. The number of hydrogen-bond donors (Lipinski definition) is 3. The van der Waals surface area contributed by atoms with Crippen LogP contribution >= 0.6 is 0 Å². The van der Waals surface area contributed by atoms with Crippen molar-refractivity contribution in [3.8, 4) is 0 Å². The number of amides is 1. The zero-order chi connectivity index (χ0) is 12.8. The molecule has 0 radical (unpaired) electrons. The predicted octanol–water partition coefficient (Wildman–Crippen LogP) is 0.944. The molecule has 0 aliphatic carbocycles. The highest BCUT2D eigenvalue weighted by Crippen LogP contribution is 2.06. The molecule has 0 aliphatic rings. The lowest BCUT2D eigenvalue weighted by Gasteiger charge is -2.15. The summed E-state index contributed by atoms with van der Waals surface area (Å²) < 4.78 is 0. The van der Waals surface area contributed by atoms with Gasteiger partial charge < -0.3 is 16.2 Å². The number of nitrogen functional groups attached to an aromatic ring is 1. The SMILES string of the molecule is CC(C)C(O)CNC(=O)Cc1ccc(N)cc1. The van der Waals surface area contributed by atoms with Crippen molar-refractivity contribution >= 4 is 11.6 Å². The topological polar surface area (TPSA) is 75.3 Å². The van der Waals surface area contributed by atoms with E-state index in [0.717, 1.165) is 5.56 Å². The Kier molecular flexibility index (Phi) is 4.97. The quantitative estimate of drug-likeness (QED) is 0.666. The fourth-order valence-corrected chi connectivity index (χ4v) is 1.34. The van der Waals surface area contributed by atoms with Crippen molar-refractivity contribution in [2.45, 2.75) is 26.4 Å². The van der Waals surface area contributed by atoms with E-state index in [1.54, 1.807) is 12.1 Å². The molecule has 1 aromatic rings. The molecule has 0 spiro atoms. The molecular formula is C13H20N2O2. The minimum Gasteiger partial charge on any atom is -0.399 e. The first-order chi connectivity index (χ1) is 7.99. The fraction of sp³-hybridized carbons (Fsp3) is 0.462. The number of anilines is 1. The summed E-state index contributed by atoms with van der Waals surface area (Å²) in [7, 11) is 0. The van der Waals surface area contributed by atoms with Crippen LogP contribution in [0, 0.1) is 5.92 Å². The van der Waals surface area contributed by atoms with Gasteiger partial charge in [0.15, 0.2) is 0 Å². The van der Waals surface area contributed by atoms with Crippen molar-refractivity contribution in [2.75, 3.05) is 12.3 Å². The third-order valence-electron chi connectivity index (χ3n) is 2.62. The predicted molar refractivity (Wildman–Crippen MR) is 68.4 cm³/mol. The van der Waals surface area contributed by atoms with E-state index in [4.69, 9.17) is 5.73 Å². The molecule has 1 amide bonds. The molecule has 0 aliphatic heterocycles. The Bertz CT molecular complexity index is 360. The Morgan fingerprint density at radius 1 is 1.35 bits per heavy atom. The van der Waals surface area contributed by atoms with Crippen LogP contribution in [0.2, 0.25) is 0 Å². The number of nitrogens with one attached hydrogen (secondary N) is 1. The number of benzene rings is 1. The highest BCUT2D eigenvalue weighted by atomic mass is 16.3. The molecule has 1 rings (SSSR count). The smallest absolute Gasteiger partial charge is 0.224 e. The summed E-state index contributed by atoms with van der Waals surface area (Å²) in [5, 5.41) is 12.3. The summed E-state index contributed by atoms with van der Waals surface area (Å²) >= 11 is 0. The van der Waals surface area contributed by atoms with E-state index >= 15 is 0 Å². The standard InChI is InChI=1S/C13H20N2O2/c1-9(2)12(16)8-15-13(17)7-10-3-5-11(14)6-4-10/h3-6,9,12,16H,7-8,14H2,1-2H3,(H,15,17). The molecule has 0 bridgehead atoms. The average molecular weight is 236 g/mol. The van der Waals surface area contributed by atoms with Crippen molar-refractivity contribution in [3.05, 3.63) is 29.8 Å². The lowest BCUT2D eigenvalue weighted by atomic mass is 10.1. The van der Waals surface area contributed by atoms with Gasteiger partial charge in [0, 0.05) is 12.2 Å². The van der Waals surface area contributed by atoms with Crippen LogP contribution in [0.5, 0.6) is 0 Å². The lowest BCUT2D eigenvalue weighted by Crippen LogP contribution is -2.35. The zero-order valence-corrected chi connectivity index (χ0v) is 10.3. The number of rotatable bonds is 5. The lowest BCUT2D eigenvalue weighted by molar-refractivity contribution is -0.121. The summed E-state index contributed by atoms with van der Waals surface area (Å²) in [6, 6.07) is 7.19. The third-order valence-corrected chi connectivity index (χ3v) is 2.62. The molecule has 17 heavy (non-hydrogen) atoms. The zero-order valence-electron chi connectivity index (χ0n) is 10.3. The second kappa shape index (κ2) is 6.25. The second-order valence-electron chi connectivity index (χ2n) is 4.53. The number of aliphatic hydroxyl groups is 1. The first-order valence-corrected chi connectivity index (χ1v) is 5.78. The van der Waals surface area contributed by atoms with Crippen molar-refractivity contribution < 1.29 is 9.90 Å². The molecule has 4 heteroatoms. The maximum Gasteiger partial charge on any atom is 0.224 e. The molecule has 1 atom stereocenters. The van der Waals surface area contributed by atoms with Crippen LogP contribution in [0.3, 0.4) is 0 Å². The number of carbonyl (C=O) groups is 1. The van der Waals surface area contributed by atoms with Crippen molar-refractivity contribution in [1.82, 2.24) is 5.32 Å². The van der Waals surface area contributed by atoms with Gasteiger partial charge in [-0.1, -0.05) is 26.0 Å². The van der Waals surface area contributed by atoms with Crippen LogP contribution in [-0.4, -0.2) is 23.7 Å². The molecule has 1 aromatic carbocycles. The molecule has 0 saturated carbocycles. The molecule has 4 nitrogen and oxygen atoms in total. The van der Waals surface area contributed by atoms with Gasteiger partial charge in [-0.05, 0) is 23.6 Å². The van der Waals surface area contributed by atoms with Gasteiger partial charge in [-0.3, -0.25) is 4.79 Å². The number of aliphatic hydroxyl groups excluding tert-OH is 1. The van der Waals surface area contributed by atoms with E-state index in [1.807, 2.05) is 26.0 Å². The van der Waals surface area contributed by atoms with Crippen LogP contribution in [0.15, 0.2) is 24.3 Å². The van der Waals surface area contributed by atoms with Crippen LogP contribution in [0.25, 0.3) is 0 Å². The Balaban J connectivity index is 2.37. The largest absolute Gasteiger partial charge is 0.399 e. The monoisotopic (exact) mass is 236 g/mol. The van der Waals surface area contributed by atoms with Gasteiger partial charge in [0.2, 0.25) is 5.91 Å². The first kappa shape index (κ1) is 13.5. The van der Waals surface area contributed by atoms with Gasteiger partial charge in [-0.2, -0.15) is 0 Å². The Labute approximate surface area is 102 Å². The minimum absolute atomic E-state index is 0.0885. The van der Waals surface area contributed by atoms with Crippen LogP contribution in [-0.2, 0) is 11.2 Å². The van der Waals surface area contributed by atoms with Crippen molar-refractivity contribution in [2.24, 2.45) is 5.92 Å². The van der Waals surface area contributed by atoms with Crippen molar-refractivity contribution in [3.63, 3.8) is 0 Å². The fourth-order valence-electron chi connectivity index (χ4n) is 1.34. The molecule has 4 N–H and O–H groups in total. The van der Waals surface area contributed by atoms with E-state index in [1.165, 1.54) is 0 Å².